The predicted molar refractivity (Wildman–Crippen MR) is 81.2 cm³/mol. The molecule has 6 heteroatoms. The Bertz CT molecular complexity index is 451. The quantitative estimate of drug-likeness (QED) is 0.876. The van der Waals surface area contributed by atoms with Gasteiger partial charge >= 0.3 is 6.09 Å². The lowest BCUT2D eigenvalue weighted by atomic mass is 10.1. The number of rotatable bonds is 6. The Kier molecular flexibility index (Phi) is 6.20. The summed E-state index contributed by atoms with van der Waals surface area (Å²) in [5, 5.41) is 2.90. The van der Waals surface area contributed by atoms with Gasteiger partial charge in [-0.3, -0.25) is 0 Å². The van der Waals surface area contributed by atoms with Crippen molar-refractivity contribution in [3.05, 3.63) is 18.2 Å². The van der Waals surface area contributed by atoms with E-state index in [1.165, 1.54) is 0 Å². The van der Waals surface area contributed by atoms with Crippen LogP contribution in [0.2, 0.25) is 0 Å². The molecule has 6 nitrogen and oxygen atoms in total. The number of amides is 1. The van der Waals surface area contributed by atoms with Crippen molar-refractivity contribution in [2.45, 2.75) is 58.7 Å². The van der Waals surface area contributed by atoms with Crippen LogP contribution in [0.5, 0.6) is 0 Å². The average molecular weight is 297 g/mol. The molecular weight excluding hydrogens is 270 g/mol. The van der Waals surface area contributed by atoms with Gasteiger partial charge < -0.3 is 19.4 Å². The molecule has 1 N–H and O–H groups in total. The zero-order valence-corrected chi connectivity index (χ0v) is 13.8. The number of nitrogens with one attached hydrogen (secondary N) is 1. The molecule has 1 unspecified atom stereocenters. The molecule has 0 saturated carbocycles. The van der Waals surface area contributed by atoms with Crippen LogP contribution < -0.4 is 5.32 Å². The number of nitrogens with zero attached hydrogens (tertiary/aromatic N) is 2. The molecule has 1 amide bonds. The van der Waals surface area contributed by atoms with E-state index in [-0.39, 0.29) is 12.1 Å². The van der Waals surface area contributed by atoms with Crippen LogP contribution >= 0.6 is 0 Å². The van der Waals surface area contributed by atoms with Crippen molar-refractivity contribution in [1.29, 1.82) is 0 Å². The number of hydrogen-bond acceptors (Lipinski definition) is 4. The standard InChI is InChI=1S/C15H27N3O3/c1-7-12(17-14(19)21-15(3,4)5)13-8-16-10-18(13)11(2)9-20-6/h8,10-12H,7,9H2,1-6H3,(H,17,19)/t11?,12-/m1/s1. The Morgan fingerprint density at radius 3 is 2.67 bits per heavy atom. The van der Waals surface area contributed by atoms with E-state index in [4.69, 9.17) is 9.47 Å². The second-order valence-corrected chi connectivity index (χ2v) is 6.14. The maximum absolute atomic E-state index is 11.9. The van der Waals surface area contributed by atoms with Crippen molar-refractivity contribution in [2.24, 2.45) is 0 Å². The van der Waals surface area contributed by atoms with Gasteiger partial charge in [0.25, 0.3) is 0 Å². The van der Waals surface area contributed by atoms with Crippen molar-refractivity contribution in [1.82, 2.24) is 14.9 Å². The number of aromatic nitrogens is 2. The summed E-state index contributed by atoms with van der Waals surface area (Å²) in [5.74, 6) is 0. The Morgan fingerprint density at radius 1 is 1.48 bits per heavy atom. The predicted octanol–water partition coefficient (Wildman–Crippen LogP) is 3.07. The van der Waals surface area contributed by atoms with Gasteiger partial charge in [-0.25, -0.2) is 9.78 Å². The van der Waals surface area contributed by atoms with Crippen molar-refractivity contribution in [2.75, 3.05) is 13.7 Å². The summed E-state index contributed by atoms with van der Waals surface area (Å²) in [5.41, 5.74) is 0.444. The summed E-state index contributed by atoms with van der Waals surface area (Å²) in [6, 6.07) is 0.0173. The molecule has 2 atom stereocenters. The van der Waals surface area contributed by atoms with E-state index in [1.54, 1.807) is 19.6 Å². The van der Waals surface area contributed by atoms with Crippen LogP contribution in [0.4, 0.5) is 4.79 Å². The molecule has 0 aromatic carbocycles. The normalized spacial score (nSPS) is 14.6. The van der Waals surface area contributed by atoms with Gasteiger partial charge in [-0.05, 0) is 34.1 Å². The smallest absolute Gasteiger partial charge is 0.408 e. The molecule has 0 fully saturated rings. The van der Waals surface area contributed by atoms with Crippen LogP contribution in [0.15, 0.2) is 12.5 Å². The topological polar surface area (TPSA) is 65.4 Å². The fourth-order valence-electron chi connectivity index (χ4n) is 2.11. The van der Waals surface area contributed by atoms with Gasteiger partial charge in [0.1, 0.15) is 5.60 Å². The van der Waals surface area contributed by atoms with Crippen molar-refractivity contribution >= 4 is 6.09 Å². The molecule has 0 aliphatic heterocycles. The Balaban J connectivity index is 2.81. The number of carbonyl (C=O) groups is 1. The van der Waals surface area contributed by atoms with Crippen LogP contribution in [0.1, 0.15) is 58.8 Å². The highest BCUT2D eigenvalue weighted by Crippen LogP contribution is 2.21. The van der Waals surface area contributed by atoms with E-state index in [2.05, 4.69) is 17.2 Å². The lowest BCUT2D eigenvalue weighted by Crippen LogP contribution is -2.35. The maximum atomic E-state index is 11.9. The summed E-state index contributed by atoms with van der Waals surface area (Å²) >= 11 is 0. The van der Waals surface area contributed by atoms with Crippen LogP contribution in [0.3, 0.4) is 0 Å². The van der Waals surface area contributed by atoms with Gasteiger partial charge in [0.15, 0.2) is 0 Å². The SMILES string of the molecule is CC[C@@H](NC(=O)OC(C)(C)C)c1cncn1C(C)COC. The molecule has 0 spiro atoms. The van der Waals surface area contributed by atoms with Crippen LogP contribution in [-0.4, -0.2) is 35.0 Å². The monoisotopic (exact) mass is 297 g/mol. The number of alkyl carbamates (subject to hydrolysis) is 1. The molecule has 0 radical (unpaired) electrons. The lowest BCUT2D eigenvalue weighted by molar-refractivity contribution is 0.0499. The fourth-order valence-corrected chi connectivity index (χ4v) is 2.11. The minimum absolute atomic E-state index is 0.137. The number of carbonyl (C=O) groups excluding carboxylic acids is 1. The highest BCUT2D eigenvalue weighted by molar-refractivity contribution is 5.68. The molecule has 1 aromatic rings. The highest BCUT2D eigenvalue weighted by Gasteiger charge is 2.22. The average Bonchev–Trinajstić information content (AvgIpc) is 2.83. The van der Waals surface area contributed by atoms with E-state index in [0.29, 0.717) is 6.61 Å². The molecule has 0 aliphatic rings. The first-order valence-corrected chi connectivity index (χ1v) is 7.28. The molecular formula is C15H27N3O3. The van der Waals surface area contributed by atoms with Crippen LogP contribution in [-0.2, 0) is 9.47 Å². The van der Waals surface area contributed by atoms with Crippen molar-refractivity contribution in [3.8, 4) is 0 Å². The lowest BCUT2D eigenvalue weighted by Gasteiger charge is -2.25. The molecule has 21 heavy (non-hydrogen) atoms. The maximum Gasteiger partial charge on any atom is 0.408 e. The first-order valence-electron chi connectivity index (χ1n) is 7.28. The first kappa shape index (κ1) is 17.5. The first-order chi connectivity index (χ1) is 9.78. The van der Waals surface area contributed by atoms with Crippen molar-refractivity contribution < 1.29 is 14.3 Å². The van der Waals surface area contributed by atoms with E-state index in [1.807, 2.05) is 32.3 Å². The van der Waals surface area contributed by atoms with Crippen molar-refractivity contribution in [3.63, 3.8) is 0 Å². The van der Waals surface area contributed by atoms with Gasteiger partial charge in [0.2, 0.25) is 0 Å². The van der Waals surface area contributed by atoms with Crippen LogP contribution in [0.25, 0.3) is 0 Å². The molecule has 1 aromatic heterocycles. The third kappa shape index (κ3) is 5.38. The third-order valence-corrected chi connectivity index (χ3v) is 3.03. The molecule has 0 saturated heterocycles. The largest absolute Gasteiger partial charge is 0.444 e. The van der Waals surface area contributed by atoms with E-state index in [9.17, 15) is 4.79 Å². The summed E-state index contributed by atoms with van der Waals surface area (Å²) in [7, 11) is 1.67. The van der Waals surface area contributed by atoms with Gasteiger partial charge in [0, 0.05) is 7.11 Å². The second kappa shape index (κ2) is 7.45. The van der Waals surface area contributed by atoms with E-state index >= 15 is 0 Å². The second-order valence-electron chi connectivity index (χ2n) is 6.14. The zero-order valence-electron chi connectivity index (χ0n) is 13.8. The number of imidazole rings is 1. The molecule has 1 rings (SSSR count). The third-order valence-electron chi connectivity index (χ3n) is 3.03. The van der Waals surface area contributed by atoms with Gasteiger partial charge in [-0.2, -0.15) is 0 Å². The zero-order chi connectivity index (χ0) is 16.0. The van der Waals surface area contributed by atoms with Gasteiger partial charge in [0.05, 0.1) is 36.9 Å². The Hall–Kier alpha value is -1.56. The number of ether oxygens (including phenoxy) is 2. The number of methoxy groups -OCH3 is 1. The number of hydrogen-bond donors (Lipinski definition) is 1. The van der Waals surface area contributed by atoms with E-state index < -0.39 is 11.7 Å². The van der Waals surface area contributed by atoms with Crippen LogP contribution in [0, 0.1) is 0 Å². The minimum Gasteiger partial charge on any atom is -0.444 e. The molecule has 1 heterocycles. The fraction of sp³-hybridized carbons (Fsp3) is 0.733. The summed E-state index contributed by atoms with van der Waals surface area (Å²) < 4.78 is 12.5. The minimum atomic E-state index is -0.508. The molecule has 0 aliphatic carbocycles. The summed E-state index contributed by atoms with van der Waals surface area (Å²) in [4.78, 5) is 16.1. The summed E-state index contributed by atoms with van der Waals surface area (Å²) in [6.07, 6.45) is 3.88. The Morgan fingerprint density at radius 2 is 2.14 bits per heavy atom. The highest BCUT2D eigenvalue weighted by atomic mass is 16.6. The van der Waals surface area contributed by atoms with Gasteiger partial charge in [-0.1, -0.05) is 6.92 Å². The molecule has 0 bridgehead atoms. The summed E-state index contributed by atoms with van der Waals surface area (Å²) in [6.45, 7) is 10.2. The molecule has 120 valence electrons. The van der Waals surface area contributed by atoms with E-state index in [0.717, 1.165) is 12.1 Å². The van der Waals surface area contributed by atoms with Gasteiger partial charge in [-0.15, -0.1) is 0 Å². The Labute approximate surface area is 126 Å².